The summed E-state index contributed by atoms with van der Waals surface area (Å²) in [6.45, 7) is -0.0420. The molecular formula is C13H17N3O3S. The van der Waals surface area contributed by atoms with Crippen molar-refractivity contribution in [2.75, 3.05) is 18.9 Å². The highest BCUT2D eigenvalue weighted by Crippen LogP contribution is 2.34. The number of aliphatic hydroxyl groups is 1. The van der Waals surface area contributed by atoms with E-state index in [9.17, 15) is 8.42 Å². The van der Waals surface area contributed by atoms with Gasteiger partial charge in [0.05, 0.1) is 6.61 Å². The van der Waals surface area contributed by atoms with Crippen LogP contribution in [0.4, 0.5) is 5.69 Å². The summed E-state index contributed by atoms with van der Waals surface area (Å²) in [5, 5.41) is 9.72. The standard InChI is InChI=1S/C13H17N3O3S/c14-9-1-4-11-12(7-9)15-8-13(11)20(18,19)16(5-6-17)10-2-3-10/h1,4,7-8,10,15,17H,2-3,5-6,14H2. The molecule has 4 N–H and O–H groups in total. The maximum Gasteiger partial charge on any atom is 0.245 e. The lowest BCUT2D eigenvalue weighted by molar-refractivity contribution is 0.250. The van der Waals surface area contributed by atoms with Crippen LogP contribution in [0.1, 0.15) is 12.8 Å². The number of sulfonamides is 1. The van der Waals surface area contributed by atoms with E-state index in [1.165, 1.54) is 10.5 Å². The van der Waals surface area contributed by atoms with Crippen molar-refractivity contribution in [2.45, 2.75) is 23.8 Å². The van der Waals surface area contributed by atoms with E-state index in [0.29, 0.717) is 16.6 Å². The third-order valence-corrected chi connectivity index (χ3v) is 5.52. The lowest BCUT2D eigenvalue weighted by atomic mass is 10.2. The average molecular weight is 295 g/mol. The van der Waals surface area contributed by atoms with Crippen molar-refractivity contribution < 1.29 is 13.5 Å². The molecule has 1 heterocycles. The Kier molecular flexibility index (Phi) is 3.19. The van der Waals surface area contributed by atoms with Crippen LogP contribution in [-0.4, -0.2) is 42.0 Å². The SMILES string of the molecule is Nc1ccc2c(S(=O)(=O)N(CCO)C3CC3)c[nH]c2c1. The molecule has 7 heteroatoms. The van der Waals surface area contributed by atoms with E-state index in [-0.39, 0.29) is 24.1 Å². The van der Waals surface area contributed by atoms with Gasteiger partial charge in [-0.2, -0.15) is 4.31 Å². The molecule has 1 saturated carbocycles. The number of fused-ring (bicyclic) bond motifs is 1. The zero-order valence-electron chi connectivity index (χ0n) is 10.9. The minimum absolute atomic E-state index is 0.0193. The number of nitrogens with zero attached hydrogens (tertiary/aromatic N) is 1. The first-order chi connectivity index (χ1) is 9.54. The Balaban J connectivity index is 2.08. The second-order valence-electron chi connectivity index (χ2n) is 5.03. The van der Waals surface area contributed by atoms with E-state index in [4.69, 9.17) is 10.8 Å². The summed E-state index contributed by atoms with van der Waals surface area (Å²) in [6.07, 6.45) is 3.20. The van der Waals surface area contributed by atoms with Crippen molar-refractivity contribution in [3.63, 3.8) is 0 Å². The van der Waals surface area contributed by atoms with Gasteiger partial charge in [-0.1, -0.05) is 0 Å². The van der Waals surface area contributed by atoms with E-state index in [2.05, 4.69) is 4.98 Å². The van der Waals surface area contributed by atoms with Gasteiger partial charge < -0.3 is 15.8 Å². The summed E-state index contributed by atoms with van der Waals surface area (Å²) in [6, 6.07) is 5.12. The molecule has 0 atom stereocenters. The molecule has 0 aliphatic heterocycles. The maximum atomic E-state index is 12.7. The number of aromatic amines is 1. The highest BCUT2D eigenvalue weighted by Gasteiger charge is 2.38. The fourth-order valence-corrected chi connectivity index (χ4v) is 4.26. The summed E-state index contributed by atoms with van der Waals surface area (Å²) in [7, 11) is -3.59. The van der Waals surface area contributed by atoms with Crippen molar-refractivity contribution >= 4 is 26.6 Å². The van der Waals surface area contributed by atoms with Crippen LogP contribution < -0.4 is 5.73 Å². The fourth-order valence-electron chi connectivity index (χ4n) is 2.42. The summed E-state index contributed by atoms with van der Waals surface area (Å²) in [5.41, 5.74) is 6.97. The van der Waals surface area contributed by atoms with Gasteiger partial charge in [0.25, 0.3) is 0 Å². The Morgan fingerprint density at radius 2 is 2.15 bits per heavy atom. The second-order valence-corrected chi connectivity index (χ2v) is 6.89. The number of H-pyrrole nitrogens is 1. The van der Waals surface area contributed by atoms with Crippen LogP contribution in [0.15, 0.2) is 29.3 Å². The van der Waals surface area contributed by atoms with Gasteiger partial charge in [-0.05, 0) is 31.0 Å². The topological polar surface area (TPSA) is 99.4 Å². The highest BCUT2D eigenvalue weighted by molar-refractivity contribution is 7.89. The van der Waals surface area contributed by atoms with Crippen LogP contribution in [-0.2, 0) is 10.0 Å². The first kappa shape index (κ1) is 13.4. The molecule has 0 spiro atoms. The van der Waals surface area contributed by atoms with Crippen molar-refractivity contribution in [2.24, 2.45) is 0 Å². The van der Waals surface area contributed by atoms with E-state index in [0.717, 1.165) is 12.8 Å². The molecule has 108 valence electrons. The Morgan fingerprint density at radius 3 is 2.80 bits per heavy atom. The van der Waals surface area contributed by atoms with Crippen LogP contribution in [0.5, 0.6) is 0 Å². The zero-order chi connectivity index (χ0) is 14.3. The van der Waals surface area contributed by atoms with Gasteiger partial charge in [0.15, 0.2) is 0 Å². The molecule has 0 radical (unpaired) electrons. The number of aromatic nitrogens is 1. The number of nitrogen functional groups attached to an aromatic ring is 1. The second kappa shape index (κ2) is 4.76. The predicted molar refractivity (Wildman–Crippen MR) is 76.7 cm³/mol. The molecule has 0 unspecified atom stereocenters. The fraction of sp³-hybridized carbons (Fsp3) is 0.385. The van der Waals surface area contributed by atoms with Crippen LogP contribution in [0.3, 0.4) is 0 Å². The molecule has 6 nitrogen and oxygen atoms in total. The Hall–Kier alpha value is -1.57. The first-order valence-corrected chi connectivity index (χ1v) is 7.97. The minimum atomic E-state index is -3.59. The first-order valence-electron chi connectivity index (χ1n) is 6.53. The summed E-state index contributed by atoms with van der Waals surface area (Å²) in [4.78, 5) is 3.19. The number of nitrogens with two attached hydrogens (primary N) is 1. The van der Waals surface area contributed by atoms with E-state index in [1.54, 1.807) is 18.2 Å². The van der Waals surface area contributed by atoms with Crippen molar-refractivity contribution in [1.82, 2.24) is 9.29 Å². The summed E-state index contributed by atoms with van der Waals surface area (Å²) >= 11 is 0. The lowest BCUT2D eigenvalue weighted by Crippen LogP contribution is -2.35. The molecule has 20 heavy (non-hydrogen) atoms. The summed E-state index contributed by atoms with van der Waals surface area (Å²) in [5.74, 6) is 0. The Morgan fingerprint density at radius 1 is 1.40 bits per heavy atom. The molecule has 1 aliphatic carbocycles. The third-order valence-electron chi connectivity index (χ3n) is 3.53. The molecule has 1 aliphatic rings. The maximum absolute atomic E-state index is 12.7. The van der Waals surface area contributed by atoms with Gasteiger partial charge >= 0.3 is 0 Å². The van der Waals surface area contributed by atoms with Crippen LogP contribution >= 0.6 is 0 Å². The number of nitrogens with one attached hydrogen (secondary N) is 1. The number of rotatable bonds is 5. The number of benzene rings is 1. The van der Waals surface area contributed by atoms with Crippen molar-refractivity contribution in [3.05, 3.63) is 24.4 Å². The quantitative estimate of drug-likeness (QED) is 0.713. The summed E-state index contributed by atoms with van der Waals surface area (Å²) < 4.78 is 26.8. The molecule has 3 rings (SSSR count). The van der Waals surface area contributed by atoms with Gasteiger partial charge in [-0.3, -0.25) is 0 Å². The van der Waals surface area contributed by atoms with Gasteiger partial charge in [-0.15, -0.1) is 0 Å². The van der Waals surface area contributed by atoms with Gasteiger partial charge in [-0.25, -0.2) is 8.42 Å². The number of hydrogen-bond acceptors (Lipinski definition) is 4. The van der Waals surface area contributed by atoms with Crippen molar-refractivity contribution in [1.29, 1.82) is 0 Å². The van der Waals surface area contributed by atoms with Crippen LogP contribution in [0.2, 0.25) is 0 Å². The zero-order valence-corrected chi connectivity index (χ0v) is 11.7. The van der Waals surface area contributed by atoms with Crippen LogP contribution in [0, 0.1) is 0 Å². The average Bonchev–Trinajstić information content (AvgIpc) is 3.14. The smallest absolute Gasteiger partial charge is 0.245 e. The lowest BCUT2D eigenvalue weighted by Gasteiger charge is -2.20. The predicted octanol–water partition coefficient (Wildman–Crippen LogP) is 0.895. The van der Waals surface area contributed by atoms with Crippen molar-refractivity contribution in [3.8, 4) is 0 Å². The molecule has 0 amide bonds. The normalized spacial score (nSPS) is 16.1. The molecule has 2 aromatic rings. The largest absolute Gasteiger partial charge is 0.399 e. The molecule has 0 bridgehead atoms. The van der Waals surface area contributed by atoms with Crippen LogP contribution in [0.25, 0.3) is 10.9 Å². The van der Waals surface area contributed by atoms with E-state index in [1.807, 2.05) is 0 Å². The monoisotopic (exact) mass is 295 g/mol. The van der Waals surface area contributed by atoms with Gasteiger partial charge in [0, 0.05) is 35.4 Å². The number of aliphatic hydroxyl groups excluding tert-OH is 1. The third kappa shape index (κ3) is 2.17. The molecule has 0 saturated heterocycles. The number of hydrogen-bond donors (Lipinski definition) is 3. The van der Waals surface area contributed by atoms with Gasteiger partial charge in [0.2, 0.25) is 10.0 Å². The Bertz CT molecular complexity index is 734. The van der Waals surface area contributed by atoms with E-state index >= 15 is 0 Å². The highest BCUT2D eigenvalue weighted by atomic mass is 32.2. The Labute approximate surface area is 117 Å². The molecule has 1 fully saturated rings. The molecular weight excluding hydrogens is 278 g/mol. The minimum Gasteiger partial charge on any atom is -0.399 e. The van der Waals surface area contributed by atoms with Gasteiger partial charge in [0.1, 0.15) is 4.90 Å². The van der Waals surface area contributed by atoms with E-state index < -0.39 is 10.0 Å². The number of anilines is 1. The molecule has 1 aromatic heterocycles. The molecule has 1 aromatic carbocycles.